The Kier molecular flexibility index (Phi) is 4.12. The predicted octanol–water partition coefficient (Wildman–Crippen LogP) is 2.60. The van der Waals surface area contributed by atoms with E-state index in [-0.39, 0.29) is 11.6 Å². The lowest BCUT2D eigenvalue weighted by molar-refractivity contribution is -0.418. The number of rotatable bonds is 6. The minimum absolute atomic E-state index is 0.00884. The highest BCUT2D eigenvalue weighted by atomic mass is 16.6. The van der Waals surface area contributed by atoms with Gasteiger partial charge in [0.2, 0.25) is 0 Å². The zero-order valence-corrected chi connectivity index (χ0v) is 11.5. The molecule has 0 spiro atoms. The average Bonchev–Trinajstić information content (AvgIpc) is 2.76. The Morgan fingerprint density at radius 3 is 2.75 bits per heavy atom. The summed E-state index contributed by atoms with van der Waals surface area (Å²) in [6, 6.07) is 0. The lowest BCUT2D eigenvalue weighted by atomic mass is 9.72. The molecule has 6 heteroatoms. The maximum Gasteiger partial charge on any atom is 0.262 e. The summed E-state index contributed by atoms with van der Waals surface area (Å²) in [6.45, 7) is 7.25. The van der Waals surface area contributed by atoms with Crippen molar-refractivity contribution < 1.29 is 4.92 Å². The molecule has 2 rings (SSSR count). The summed E-state index contributed by atoms with van der Waals surface area (Å²) in [7, 11) is 1.88. The Morgan fingerprint density at radius 1 is 1.65 bits per heavy atom. The predicted molar refractivity (Wildman–Crippen MR) is 75.5 cm³/mol. The van der Waals surface area contributed by atoms with Crippen LogP contribution in [-0.4, -0.2) is 19.7 Å². The first-order chi connectivity index (χ1) is 9.54. The molecule has 106 valence electrons. The average molecular weight is 274 g/mol. The number of nitrogens with zero attached hydrogens (tertiary/aromatic N) is 4. The van der Waals surface area contributed by atoms with Crippen molar-refractivity contribution in [3.8, 4) is 0 Å². The van der Waals surface area contributed by atoms with Gasteiger partial charge in [0.25, 0.3) is 5.70 Å². The number of hydrogen-bond acceptors (Lipinski definition) is 4. The van der Waals surface area contributed by atoms with Crippen molar-refractivity contribution in [2.45, 2.75) is 25.2 Å². The molecule has 1 aromatic heterocycles. The first-order valence-corrected chi connectivity index (χ1v) is 6.55. The SMILES string of the molecule is C=C/C(=C\C(=C)[N+](=O)[O-])C(c1nncn1C)C1CCC1. The van der Waals surface area contributed by atoms with Crippen molar-refractivity contribution in [2.24, 2.45) is 13.0 Å². The zero-order valence-electron chi connectivity index (χ0n) is 11.5. The van der Waals surface area contributed by atoms with E-state index in [9.17, 15) is 10.1 Å². The second-order valence-corrected chi connectivity index (χ2v) is 5.07. The van der Waals surface area contributed by atoms with Crippen molar-refractivity contribution >= 4 is 0 Å². The summed E-state index contributed by atoms with van der Waals surface area (Å²) in [5.74, 6) is 1.24. The van der Waals surface area contributed by atoms with E-state index in [1.807, 2.05) is 11.6 Å². The fourth-order valence-electron chi connectivity index (χ4n) is 2.50. The van der Waals surface area contributed by atoms with Crippen molar-refractivity contribution in [1.29, 1.82) is 0 Å². The summed E-state index contributed by atoms with van der Waals surface area (Å²) in [5, 5.41) is 18.8. The third-order valence-corrected chi connectivity index (χ3v) is 3.81. The van der Waals surface area contributed by atoms with Crippen LogP contribution in [0, 0.1) is 16.0 Å². The third kappa shape index (κ3) is 2.68. The Balaban J connectivity index is 2.39. The van der Waals surface area contributed by atoms with Crippen LogP contribution in [0.5, 0.6) is 0 Å². The van der Waals surface area contributed by atoms with Gasteiger partial charge in [-0.3, -0.25) is 10.1 Å². The smallest absolute Gasteiger partial charge is 0.262 e. The summed E-state index contributed by atoms with van der Waals surface area (Å²) >= 11 is 0. The molecular weight excluding hydrogens is 256 g/mol. The van der Waals surface area contributed by atoms with Crippen molar-refractivity contribution in [3.63, 3.8) is 0 Å². The van der Waals surface area contributed by atoms with Gasteiger partial charge in [0, 0.05) is 19.0 Å². The number of aromatic nitrogens is 3. The van der Waals surface area contributed by atoms with E-state index in [4.69, 9.17) is 0 Å². The lowest BCUT2D eigenvalue weighted by Crippen LogP contribution is -2.24. The van der Waals surface area contributed by atoms with Gasteiger partial charge in [-0.1, -0.05) is 19.1 Å². The summed E-state index contributed by atoms with van der Waals surface area (Å²) in [4.78, 5) is 10.3. The molecule has 0 radical (unpaired) electrons. The second-order valence-electron chi connectivity index (χ2n) is 5.07. The van der Waals surface area contributed by atoms with Gasteiger partial charge >= 0.3 is 0 Å². The molecule has 1 atom stereocenters. The van der Waals surface area contributed by atoms with Crippen LogP contribution < -0.4 is 0 Å². The standard InChI is InChI=1S/C14H18N4O2/c1-4-11(8-10(2)18(19)20)13(12-6-5-7-12)14-16-15-9-17(14)3/h4,8-9,12-13H,1-2,5-7H2,3H3/b11-8+. The van der Waals surface area contributed by atoms with Crippen molar-refractivity contribution in [1.82, 2.24) is 14.8 Å². The molecule has 1 aliphatic rings. The molecule has 1 aliphatic carbocycles. The first kappa shape index (κ1) is 14.2. The van der Waals surface area contributed by atoms with Crippen LogP contribution in [0.4, 0.5) is 0 Å². The van der Waals surface area contributed by atoms with E-state index in [1.165, 1.54) is 12.5 Å². The molecule has 6 nitrogen and oxygen atoms in total. The molecular formula is C14H18N4O2. The topological polar surface area (TPSA) is 73.8 Å². The maximum absolute atomic E-state index is 10.8. The van der Waals surface area contributed by atoms with E-state index >= 15 is 0 Å². The Hall–Kier alpha value is -2.24. The molecule has 0 amide bonds. The molecule has 1 aromatic rings. The molecule has 1 fully saturated rings. The van der Waals surface area contributed by atoms with Gasteiger partial charge in [-0.05, 0) is 30.9 Å². The molecule has 0 aromatic carbocycles. The molecule has 20 heavy (non-hydrogen) atoms. The first-order valence-electron chi connectivity index (χ1n) is 6.55. The van der Waals surface area contributed by atoms with Gasteiger partial charge in [0.15, 0.2) is 0 Å². The van der Waals surface area contributed by atoms with E-state index < -0.39 is 4.92 Å². The Morgan fingerprint density at radius 2 is 2.35 bits per heavy atom. The molecule has 0 saturated heterocycles. The highest BCUT2D eigenvalue weighted by Gasteiger charge is 2.33. The van der Waals surface area contributed by atoms with Crippen molar-refractivity contribution in [2.75, 3.05) is 0 Å². The normalized spacial score (nSPS) is 17.4. The summed E-state index contributed by atoms with van der Waals surface area (Å²) in [5.41, 5.74) is 0.652. The highest BCUT2D eigenvalue weighted by Crippen LogP contribution is 2.43. The monoisotopic (exact) mass is 274 g/mol. The van der Waals surface area contributed by atoms with Crippen LogP contribution in [0.25, 0.3) is 0 Å². The fraction of sp³-hybridized carbons (Fsp3) is 0.429. The van der Waals surface area contributed by atoms with Gasteiger partial charge in [-0.2, -0.15) is 0 Å². The molecule has 1 unspecified atom stereocenters. The number of allylic oxidation sites excluding steroid dienone is 3. The Labute approximate surface area is 117 Å². The van der Waals surface area contributed by atoms with Gasteiger partial charge in [-0.15, -0.1) is 10.2 Å². The fourth-order valence-corrected chi connectivity index (χ4v) is 2.50. The Bertz CT molecular complexity index is 569. The van der Waals surface area contributed by atoms with Crippen LogP contribution in [-0.2, 0) is 7.05 Å². The van der Waals surface area contributed by atoms with Crippen LogP contribution in [0.3, 0.4) is 0 Å². The molecule has 0 N–H and O–H groups in total. The molecule has 0 bridgehead atoms. The molecule has 0 aliphatic heterocycles. The van der Waals surface area contributed by atoms with E-state index in [2.05, 4.69) is 23.4 Å². The number of hydrogen-bond donors (Lipinski definition) is 0. The maximum atomic E-state index is 10.8. The summed E-state index contributed by atoms with van der Waals surface area (Å²) in [6.07, 6.45) is 8.15. The van der Waals surface area contributed by atoms with Crippen LogP contribution in [0.15, 0.2) is 42.9 Å². The van der Waals surface area contributed by atoms with E-state index in [1.54, 1.807) is 12.4 Å². The number of aryl methyl sites for hydroxylation is 1. The number of nitro groups is 1. The van der Waals surface area contributed by atoms with Crippen LogP contribution in [0.2, 0.25) is 0 Å². The second kappa shape index (κ2) is 5.81. The van der Waals surface area contributed by atoms with E-state index in [0.717, 1.165) is 24.2 Å². The zero-order chi connectivity index (χ0) is 14.7. The van der Waals surface area contributed by atoms with Crippen LogP contribution in [0.1, 0.15) is 31.0 Å². The minimum atomic E-state index is -0.488. The van der Waals surface area contributed by atoms with Gasteiger partial charge in [-0.25, -0.2) is 0 Å². The van der Waals surface area contributed by atoms with Gasteiger partial charge in [0.05, 0.1) is 4.92 Å². The van der Waals surface area contributed by atoms with Gasteiger partial charge in [0.1, 0.15) is 12.2 Å². The highest BCUT2D eigenvalue weighted by molar-refractivity contribution is 5.34. The molecule has 1 heterocycles. The lowest BCUT2D eigenvalue weighted by Gasteiger charge is -2.33. The largest absolute Gasteiger partial charge is 0.320 e. The van der Waals surface area contributed by atoms with E-state index in [0.29, 0.717) is 5.92 Å². The summed E-state index contributed by atoms with van der Waals surface area (Å²) < 4.78 is 1.86. The minimum Gasteiger partial charge on any atom is -0.320 e. The quantitative estimate of drug-likeness (QED) is 0.454. The molecule has 1 saturated carbocycles. The van der Waals surface area contributed by atoms with Crippen molar-refractivity contribution in [3.05, 3.63) is 58.8 Å². The van der Waals surface area contributed by atoms with Crippen LogP contribution >= 0.6 is 0 Å². The van der Waals surface area contributed by atoms with Gasteiger partial charge < -0.3 is 4.57 Å². The third-order valence-electron chi connectivity index (χ3n) is 3.81.